The average molecular weight is 242 g/mol. The van der Waals surface area contributed by atoms with Gasteiger partial charge in [-0.25, -0.2) is 4.98 Å². The molecule has 0 aliphatic heterocycles. The van der Waals surface area contributed by atoms with Gasteiger partial charge in [0.1, 0.15) is 0 Å². The minimum Gasteiger partial charge on any atom is -0.467 e. The van der Waals surface area contributed by atoms with Crippen LogP contribution in [0, 0.1) is 5.92 Å². The number of ether oxygens (including phenoxy) is 1. The Morgan fingerprint density at radius 3 is 2.94 bits per heavy atom. The number of halogens is 1. The van der Waals surface area contributed by atoms with E-state index in [0.717, 1.165) is 18.0 Å². The van der Waals surface area contributed by atoms with Crippen LogP contribution >= 0.6 is 11.6 Å². The van der Waals surface area contributed by atoms with Gasteiger partial charge in [0, 0.05) is 12.5 Å². The molecule has 1 aliphatic rings. The van der Waals surface area contributed by atoms with E-state index in [1.807, 2.05) is 7.05 Å². The Balaban J connectivity index is 2.11. The third-order valence-corrected chi connectivity index (χ3v) is 3.27. The molecule has 1 N–H and O–H groups in total. The van der Waals surface area contributed by atoms with Crippen molar-refractivity contribution in [2.24, 2.45) is 5.92 Å². The molecular formula is C11H16ClN3O. The Hall–Kier alpha value is -0.870. The number of nitrogens with zero attached hydrogens (tertiary/aromatic N) is 2. The predicted octanol–water partition coefficient (Wildman–Crippen LogP) is 1.68. The number of aromatic nitrogens is 2. The van der Waals surface area contributed by atoms with Crippen LogP contribution in [0.5, 0.6) is 6.01 Å². The molecule has 5 heteroatoms. The molecule has 1 saturated carbocycles. The number of nitrogens with one attached hydrogen (secondary N) is 1. The van der Waals surface area contributed by atoms with Crippen molar-refractivity contribution in [2.75, 3.05) is 14.2 Å². The maximum atomic E-state index is 6.07. The summed E-state index contributed by atoms with van der Waals surface area (Å²) in [6.07, 6.45) is 5.03. The van der Waals surface area contributed by atoms with E-state index < -0.39 is 0 Å². The first kappa shape index (κ1) is 11.6. The topological polar surface area (TPSA) is 47.0 Å². The molecule has 1 aliphatic carbocycles. The SMILES string of the molecule is CNC(Cc1nc(OC)ncc1Cl)C1CC1. The highest BCUT2D eigenvalue weighted by Gasteiger charge is 2.30. The van der Waals surface area contributed by atoms with E-state index >= 15 is 0 Å². The number of rotatable bonds is 5. The first-order chi connectivity index (χ1) is 7.74. The van der Waals surface area contributed by atoms with E-state index in [0.29, 0.717) is 17.1 Å². The van der Waals surface area contributed by atoms with E-state index in [2.05, 4.69) is 15.3 Å². The summed E-state index contributed by atoms with van der Waals surface area (Å²) in [6.45, 7) is 0. The zero-order valence-electron chi connectivity index (χ0n) is 9.53. The van der Waals surface area contributed by atoms with Crippen LogP contribution in [0.15, 0.2) is 6.20 Å². The summed E-state index contributed by atoms with van der Waals surface area (Å²) >= 11 is 6.07. The molecule has 0 aromatic carbocycles. The van der Waals surface area contributed by atoms with Crippen LogP contribution in [0.4, 0.5) is 0 Å². The van der Waals surface area contributed by atoms with Gasteiger partial charge < -0.3 is 10.1 Å². The summed E-state index contributed by atoms with van der Waals surface area (Å²) in [5, 5.41) is 3.93. The van der Waals surface area contributed by atoms with Crippen molar-refractivity contribution in [1.29, 1.82) is 0 Å². The fraction of sp³-hybridized carbons (Fsp3) is 0.636. The van der Waals surface area contributed by atoms with Gasteiger partial charge in [0.2, 0.25) is 0 Å². The van der Waals surface area contributed by atoms with E-state index in [1.165, 1.54) is 12.8 Å². The molecule has 1 fully saturated rings. The van der Waals surface area contributed by atoms with Crippen LogP contribution in [0.1, 0.15) is 18.5 Å². The van der Waals surface area contributed by atoms with Crippen molar-refractivity contribution >= 4 is 11.6 Å². The lowest BCUT2D eigenvalue weighted by atomic mass is 10.1. The van der Waals surface area contributed by atoms with Crippen LogP contribution < -0.4 is 10.1 Å². The molecular weight excluding hydrogens is 226 g/mol. The number of hydrogen-bond acceptors (Lipinski definition) is 4. The molecule has 1 aromatic rings. The molecule has 0 spiro atoms. The largest absolute Gasteiger partial charge is 0.467 e. The van der Waals surface area contributed by atoms with Crippen molar-refractivity contribution in [3.05, 3.63) is 16.9 Å². The third-order valence-electron chi connectivity index (χ3n) is 2.95. The molecule has 1 atom stereocenters. The maximum absolute atomic E-state index is 6.07. The van der Waals surface area contributed by atoms with Gasteiger partial charge in [-0.3, -0.25) is 0 Å². The van der Waals surface area contributed by atoms with Crippen LogP contribution in [-0.2, 0) is 6.42 Å². The van der Waals surface area contributed by atoms with Crippen LogP contribution in [-0.4, -0.2) is 30.2 Å². The highest BCUT2D eigenvalue weighted by atomic mass is 35.5. The first-order valence-corrected chi connectivity index (χ1v) is 5.85. The molecule has 0 radical (unpaired) electrons. The highest BCUT2D eigenvalue weighted by Crippen LogP contribution is 2.34. The van der Waals surface area contributed by atoms with Crippen molar-refractivity contribution < 1.29 is 4.74 Å². The summed E-state index contributed by atoms with van der Waals surface area (Å²) in [7, 11) is 3.54. The molecule has 1 heterocycles. The predicted molar refractivity (Wildman–Crippen MR) is 62.9 cm³/mol. The molecule has 1 unspecified atom stereocenters. The Kier molecular flexibility index (Phi) is 3.61. The lowest BCUT2D eigenvalue weighted by Gasteiger charge is -2.15. The normalized spacial score (nSPS) is 17.2. The third kappa shape index (κ3) is 2.62. The van der Waals surface area contributed by atoms with E-state index in [9.17, 15) is 0 Å². The van der Waals surface area contributed by atoms with Crippen LogP contribution in [0.25, 0.3) is 0 Å². The average Bonchev–Trinajstić information content (AvgIpc) is 3.12. The van der Waals surface area contributed by atoms with Gasteiger partial charge in [-0.15, -0.1) is 0 Å². The quantitative estimate of drug-likeness (QED) is 0.852. The molecule has 2 rings (SSSR count). The Labute approximate surface area is 100 Å². The second-order valence-electron chi connectivity index (χ2n) is 4.09. The van der Waals surface area contributed by atoms with Gasteiger partial charge in [0.25, 0.3) is 0 Å². The molecule has 0 bridgehead atoms. The van der Waals surface area contributed by atoms with Crippen molar-refractivity contribution in [3.8, 4) is 6.01 Å². The van der Waals surface area contributed by atoms with Crippen molar-refractivity contribution in [3.63, 3.8) is 0 Å². The van der Waals surface area contributed by atoms with Crippen molar-refractivity contribution in [1.82, 2.24) is 15.3 Å². The monoisotopic (exact) mass is 241 g/mol. The molecule has 16 heavy (non-hydrogen) atoms. The second kappa shape index (κ2) is 4.97. The van der Waals surface area contributed by atoms with E-state index in [1.54, 1.807) is 13.3 Å². The van der Waals surface area contributed by atoms with Crippen LogP contribution in [0.2, 0.25) is 5.02 Å². The molecule has 0 saturated heterocycles. The fourth-order valence-corrected chi connectivity index (χ4v) is 2.01. The minimum absolute atomic E-state index is 0.380. The van der Waals surface area contributed by atoms with Crippen LogP contribution in [0.3, 0.4) is 0 Å². The molecule has 1 aromatic heterocycles. The zero-order valence-corrected chi connectivity index (χ0v) is 10.3. The first-order valence-electron chi connectivity index (χ1n) is 5.47. The van der Waals surface area contributed by atoms with Gasteiger partial charge in [-0.1, -0.05) is 11.6 Å². The zero-order chi connectivity index (χ0) is 11.5. The summed E-state index contributed by atoms with van der Waals surface area (Å²) < 4.78 is 5.00. The van der Waals surface area contributed by atoms with E-state index in [-0.39, 0.29) is 0 Å². The standard InChI is InChI=1S/C11H16ClN3O/c1-13-9(7-3-4-7)5-10-8(12)6-14-11(15-10)16-2/h6-7,9,13H,3-5H2,1-2H3. The smallest absolute Gasteiger partial charge is 0.316 e. The Morgan fingerprint density at radius 2 is 2.38 bits per heavy atom. The van der Waals surface area contributed by atoms with E-state index in [4.69, 9.17) is 16.3 Å². The summed E-state index contributed by atoms with van der Waals surface area (Å²) in [6, 6.07) is 0.835. The minimum atomic E-state index is 0.380. The number of likely N-dealkylation sites (N-methyl/N-ethyl adjacent to an activating group) is 1. The number of hydrogen-bond donors (Lipinski definition) is 1. The Bertz CT molecular complexity index is 368. The highest BCUT2D eigenvalue weighted by molar-refractivity contribution is 6.31. The van der Waals surface area contributed by atoms with Gasteiger partial charge in [-0.2, -0.15) is 4.98 Å². The maximum Gasteiger partial charge on any atom is 0.316 e. The summed E-state index contributed by atoms with van der Waals surface area (Å²) in [5.41, 5.74) is 0.861. The molecule has 0 amide bonds. The Morgan fingerprint density at radius 1 is 1.62 bits per heavy atom. The molecule has 4 nitrogen and oxygen atoms in total. The fourth-order valence-electron chi connectivity index (χ4n) is 1.84. The number of methoxy groups -OCH3 is 1. The second-order valence-corrected chi connectivity index (χ2v) is 4.50. The lowest BCUT2D eigenvalue weighted by molar-refractivity contribution is 0.376. The molecule has 88 valence electrons. The lowest BCUT2D eigenvalue weighted by Crippen LogP contribution is -2.30. The summed E-state index contributed by atoms with van der Waals surface area (Å²) in [4.78, 5) is 8.25. The van der Waals surface area contributed by atoms with Gasteiger partial charge in [0.15, 0.2) is 0 Å². The van der Waals surface area contributed by atoms with Gasteiger partial charge >= 0.3 is 6.01 Å². The summed E-state index contributed by atoms with van der Waals surface area (Å²) in [5.74, 6) is 0.766. The van der Waals surface area contributed by atoms with Gasteiger partial charge in [-0.05, 0) is 25.8 Å². The van der Waals surface area contributed by atoms with Gasteiger partial charge in [0.05, 0.1) is 24.0 Å². The van der Waals surface area contributed by atoms with Crippen molar-refractivity contribution in [2.45, 2.75) is 25.3 Å².